The molecular weight excluding hydrogens is 184 g/mol. The molecule has 0 spiro atoms. The standard InChI is InChI=1S/C13H20N2/c1-11-5-4-7-13(14,9-11)10-12-6-2-3-8-15-12/h2-3,6,8,11H,4-5,7,9-10,14H2,1H3. The summed E-state index contributed by atoms with van der Waals surface area (Å²) < 4.78 is 0. The number of hydrogen-bond acceptors (Lipinski definition) is 2. The van der Waals surface area contributed by atoms with Crippen molar-refractivity contribution in [3.05, 3.63) is 30.1 Å². The highest BCUT2D eigenvalue weighted by atomic mass is 14.8. The Labute approximate surface area is 91.9 Å². The summed E-state index contributed by atoms with van der Waals surface area (Å²) in [5, 5.41) is 0. The Morgan fingerprint density at radius 3 is 3.07 bits per heavy atom. The molecule has 1 aliphatic carbocycles. The second kappa shape index (κ2) is 4.31. The summed E-state index contributed by atoms with van der Waals surface area (Å²) >= 11 is 0. The smallest absolute Gasteiger partial charge is 0.0421 e. The predicted molar refractivity (Wildman–Crippen MR) is 62.5 cm³/mol. The number of rotatable bonds is 2. The lowest BCUT2D eigenvalue weighted by molar-refractivity contribution is 0.234. The van der Waals surface area contributed by atoms with Crippen LogP contribution in [0.4, 0.5) is 0 Å². The van der Waals surface area contributed by atoms with Crippen LogP contribution in [-0.4, -0.2) is 10.5 Å². The number of pyridine rings is 1. The molecule has 1 heterocycles. The summed E-state index contributed by atoms with van der Waals surface area (Å²) in [7, 11) is 0. The number of nitrogens with two attached hydrogens (primary N) is 1. The minimum atomic E-state index is -0.00792. The molecule has 1 aromatic rings. The van der Waals surface area contributed by atoms with Gasteiger partial charge in [-0.25, -0.2) is 0 Å². The fourth-order valence-electron chi connectivity index (χ4n) is 2.72. The number of hydrogen-bond donors (Lipinski definition) is 1. The van der Waals surface area contributed by atoms with Crippen molar-refractivity contribution in [3.8, 4) is 0 Å². The van der Waals surface area contributed by atoms with Gasteiger partial charge in [-0.05, 0) is 30.9 Å². The van der Waals surface area contributed by atoms with Gasteiger partial charge >= 0.3 is 0 Å². The van der Waals surface area contributed by atoms with Crippen LogP contribution in [0.1, 0.15) is 38.3 Å². The molecule has 15 heavy (non-hydrogen) atoms. The first-order valence-corrected chi connectivity index (χ1v) is 5.87. The van der Waals surface area contributed by atoms with Crippen LogP contribution >= 0.6 is 0 Å². The molecule has 2 unspecified atom stereocenters. The van der Waals surface area contributed by atoms with Crippen molar-refractivity contribution >= 4 is 0 Å². The Hall–Kier alpha value is -0.890. The molecule has 1 aromatic heterocycles. The fraction of sp³-hybridized carbons (Fsp3) is 0.615. The molecule has 0 radical (unpaired) electrons. The predicted octanol–water partition coefficient (Wildman–Crippen LogP) is 2.53. The molecular formula is C13H20N2. The molecule has 0 aliphatic heterocycles. The summed E-state index contributed by atoms with van der Waals surface area (Å²) in [6.07, 6.45) is 7.67. The molecule has 1 aliphatic rings. The Morgan fingerprint density at radius 1 is 1.53 bits per heavy atom. The van der Waals surface area contributed by atoms with Gasteiger partial charge in [0.05, 0.1) is 0 Å². The van der Waals surface area contributed by atoms with Crippen molar-refractivity contribution < 1.29 is 0 Å². The molecule has 82 valence electrons. The third kappa shape index (κ3) is 2.78. The highest BCUT2D eigenvalue weighted by Crippen LogP contribution is 2.32. The summed E-state index contributed by atoms with van der Waals surface area (Å²) in [6, 6.07) is 6.07. The first-order chi connectivity index (χ1) is 7.18. The van der Waals surface area contributed by atoms with Crippen molar-refractivity contribution in [1.29, 1.82) is 0 Å². The SMILES string of the molecule is CC1CCCC(N)(Cc2ccccn2)C1. The van der Waals surface area contributed by atoms with Crippen LogP contribution in [0.5, 0.6) is 0 Å². The van der Waals surface area contributed by atoms with Crippen LogP contribution in [-0.2, 0) is 6.42 Å². The minimum Gasteiger partial charge on any atom is -0.325 e. The Morgan fingerprint density at radius 2 is 2.40 bits per heavy atom. The van der Waals surface area contributed by atoms with E-state index in [1.54, 1.807) is 0 Å². The van der Waals surface area contributed by atoms with Crippen molar-refractivity contribution in [1.82, 2.24) is 4.98 Å². The zero-order chi connectivity index (χ0) is 10.7. The Kier molecular flexibility index (Phi) is 3.06. The zero-order valence-electron chi connectivity index (χ0n) is 9.45. The summed E-state index contributed by atoms with van der Waals surface area (Å²) in [5.74, 6) is 0.771. The van der Waals surface area contributed by atoms with Gasteiger partial charge in [-0.1, -0.05) is 25.8 Å². The molecule has 2 heteroatoms. The zero-order valence-corrected chi connectivity index (χ0v) is 9.45. The van der Waals surface area contributed by atoms with E-state index in [0.29, 0.717) is 0 Å². The van der Waals surface area contributed by atoms with Gasteiger partial charge in [-0.2, -0.15) is 0 Å². The lowest BCUT2D eigenvalue weighted by Crippen LogP contribution is -2.46. The van der Waals surface area contributed by atoms with Gasteiger partial charge in [0.1, 0.15) is 0 Å². The van der Waals surface area contributed by atoms with Crippen LogP contribution in [0.2, 0.25) is 0 Å². The molecule has 0 saturated heterocycles. The Bertz CT molecular complexity index is 310. The third-order valence-corrected chi connectivity index (χ3v) is 3.39. The molecule has 1 saturated carbocycles. The first-order valence-electron chi connectivity index (χ1n) is 5.87. The third-order valence-electron chi connectivity index (χ3n) is 3.39. The Balaban J connectivity index is 2.04. The van der Waals surface area contributed by atoms with E-state index in [2.05, 4.69) is 18.0 Å². The molecule has 1 fully saturated rings. The van der Waals surface area contributed by atoms with E-state index < -0.39 is 0 Å². The average molecular weight is 204 g/mol. The van der Waals surface area contributed by atoms with Crippen LogP contribution in [0.3, 0.4) is 0 Å². The lowest BCUT2D eigenvalue weighted by atomic mass is 9.74. The van der Waals surface area contributed by atoms with Crippen molar-refractivity contribution in [2.24, 2.45) is 11.7 Å². The molecule has 2 atom stereocenters. The quantitative estimate of drug-likeness (QED) is 0.804. The molecule has 2 rings (SSSR count). The van der Waals surface area contributed by atoms with Gasteiger partial charge < -0.3 is 5.73 Å². The van der Waals surface area contributed by atoms with E-state index in [9.17, 15) is 0 Å². The fourth-order valence-corrected chi connectivity index (χ4v) is 2.72. The number of nitrogens with zero attached hydrogens (tertiary/aromatic N) is 1. The van der Waals surface area contributed by atoms with Crippen LogP contribution in [0, 0.1) is 5.92 Å². The molecule has 0 amide bonds. The van der Waals surface area contributed by atoms with E-state index in [0.717, 1.165) is 30.9 Å². The van der Waals surface area contributed by atoms with Crippen LogP contribution < -0.4 is 5.73 Å². The highest BCUT2D eigenvalue weighted by molar-refractivity contribution is 5.09. The summed E-state index contributed by atoms with van der Waals surface area (Å²) in [5.41, 5.74) is 7.57. The first kappa shape index (κ1) is 10.6. The molecule has 0 aromatic carbocycles. The second-order valence-corrected chi connectivity index (χ2v) is 5.06. The monoisotopic (exact) mass is 204 g/mol. The van der Waals surface area contributed by atoms with Gasteiger partial charge in [-0.15, -0.1) is 0 Å². The molecule has 0 bridgehead atoms. The van der Waals surface area contributed by atoms with Gasteiger partial charge in [0.25, 0.3) is 0 Å². The largest absolute Gasteiger partial charge is 0.325 e. The van der Waals surface area contributed by atoms with Gasteiger partial charge in [0.2, 0.25) is 0 Å². The minimum absolute atomic E-state index is 0.00792. The van der Waals surface area contributed by atoms with Crippen molar-refractivity contribution in [3.63, 3.8) is 0 Å². The van der Waals surface area contributed by atoms with Crippen molar-refractivity contribution in [2.75, 3.05) is 0 Å². The van der Waals surface area contributed by atoms with E-state index >= 15 is 0 Å². The maximum atomic E-state index is 6.44. The maximum Gasteiger partial charge on any atom is 0.0421 e. The van der Waals surface area contributed by atoms with E-state index in [-0.39, 0.29) is 5.54 Å². The maximum absolute atomic E-state index is 6.44. The van der Waals surface area contributed by atoms with Gasteiger partial charge in [0, 0.05) is 23.9 Å². The highest BCUT2D eigenvalue weighted by Gasteiger charge is 2.31. The van der Waals surface area contributed by atoms with E-state index in [1.807, 2.05) is 18.3 Å². The van der Waals surface area contributed by atoms with E-state index in [1.165, 1.54) is 12.8 Å². The lowest BCUT2D eigenvalue weighted by Gasteiger charge is -2.36. The van der Waals surface area contributed by atoms with Gasteiger partial charge in [-0.3, -0.25) is 4.98 Å². The normalized spacial score (nSPS) is 31.5. The summed E-state index contributed by atoms with van der Waals surface area (Å²) in [6.45, 7) is 2.30. The summed E-state index contributed by atoms with van der Waals surface area (Å²) in [4.78, 5) is 4.36. The van der Waals surface area contributed by atoms with Crippen LogP contribution in [0.15, 0.2) is 24.4 Å². The topological polar surface area (TPSA) is 38.9 Å². The van der Waals surface area contributed by atoms with Crippen LogP contribution in [0.25, 0.3) is 0 Å². The second-order valence-electron chi connectivity index (χ2n) is 5.06. The number of aromatic nitrogens is 1. The van der Waals surface area contributed by atoms with E-state index in [4.69, 9.17) is 5.73 Å². The van der Waals surface area contributed by atoms with Crippen molar-refractivity contribution in [2.45, 2.75) is 44.6 Å². The molecule has 2 nitrogen and oxygen atoms in total. The van der Waals surface area contributed by atoms with Gasteiger partial charge in [0.15, 0.2) is 0 Å². The average Bonchev–Trinajstić information content (AvgIpc) is 2.18. The molecule has 2 N–H and O–H groups in total.